The topological polar surface area (TPSA) is 66.4 Å². The summed E-state index contributed by atoms with van der Waals surface area (Å²) in [5, 5.41) is 11.7. The summed E-state index contributed by atoms with van der Waals surface area (Å²) in [5.74, 6) is -1.50. The average molecular weight is 245 g/mol. The highest BCUT2D eigenvalue weighted by Gasteiger charge is 2.25. The Hall–Kier alpha value is -2.10. The molecule has 1 amide bonds. The van der Waals surface area contributed by atoms with Crippen LogP contribution in [0.1, 0.15) is 22.3 Å². The van der Waals surface area contributed by atoms with Crippen LogP contribution in [0, 0.1) is 12.8 Å². The summed E-state index contributed by atoms with van der Waals surface area (Å²) >= 11 is 0. The third kappa shape index (κ3) is 2.59. The lowest BCUT2D eigenvalue weighted by Gasteiger charge is -2.13. The van der Waals surface area contributed by atoms with Crippen molar-refractivity contribution in [2.24, 2.45) is 5.92 Å². The van der Waals surface area contributed by atoms with E-state index >= 15 is 0 Å². The molecule has 0 saturated heterocycles. The van der Waals surface area contributed by atoms with Gasteiger partial charge in [0.2, 0.25) is 0 Å². The Morgan fingerprint density at radius 3 is 2.61 bits per heavy atom. The van der Waals surface area contributed by atoms with Crippen LogP contribution in [0.15, 0.2) is 36.4 Å². The van der Waals surface area contributed by atoms with Crippen molar-refractivity contribution in [2.75, 3.05) is 0 Å². The van der Waals surface area contributed by atoms with Gasteiger partial charge in [-0.05, 0) is 25.0 Å². The fraction of sp³-hybridized carbons (Fsp3) is 0.286. The van der Waals surface area contributed by atoms with Crippen LogP contribution in [0.3, 0.4) is 0 Å². The van der Waals surface area contributed by atoms with Crippen molar-refractivity contribution in [3.63, 3.8) is 0 Å². The Morgan fingerprint density at radius 2 is 2.00 bits per heavy atom. The molecule has 0 spiro atoms. The van der Waals surface area contributed by atoms with Crippen LogP contribution >= 0.6 is 0 Å². The van der Waals surface area contributed by atoms with Crippen molar-refractivity contribution in [3.8, 4) is 0 Å². The molecule has 1 aromatic carbocycles. The van der Waals surface area contributed by atoms with E-state index in [1.807, 2.05) is 25.1 Å². The number of aryl methyl sites for hydroxylation is 1. The molecule has 1 aliphatic rings. The van der Waals surface area contributed by atoms with Crippen molar-refractivity contribution in [2.45, 2.75) is 19.4 Å². The van der Waals surface area contributed by atoms with E-state index in [9.17, 15) is 9.59 Å². The molecule has 4 nitrogen and oxygen atoms in total. The van der Waals surface area contributed by atoms with Crippen molar-refractivity contribution in [3.05, 3.63) is 47.5 Å². The van der Waals surface area contributed by atoms with Crippen molar-refractivity contribution < 1.29 is 14.7 Å². The number of nitrogens with one attached hydrogen (secondary N) is 1. The Kier molecular flexibility index (Phi) is 3.46. The first-order chi connectivity index (χ1) is 8.58. The normalized spacial score (nSPS) is 21.8. The van der Waals surface area contributed by atoms with Gasteiger partial charge < -0.3 is 10.4 Å². The molecular weight excluding hydrogens is 230 g/mol. The minimum Gasteiger partial charge on any atom is -0.481 e. The second-order valence-electron chi connectivity index (χ2n) is 4.46. The molecule has 1 aliphatic carbocycles. The van der Waals surface area contributed by atoms with Crippen molar-refractivity contribution >= 4 is 11.9 Å². The van der Waals surface area contributed by atoms with Gasteiger partial charge >= 0.3 is 5.97 Å². The highest BCUT2D eigenvalue weighted by molar-refractivity contribution is 5.96. The van der Waals surface area contributed by atoms with E-state index in [1.54, 1.807) is 18.2 Å². The van der Waals surface area contributed by atoms with Gasteiger partial charge in [-0.15, -0.1) is 0 Å². The van der Waals surface area contributed by atoms with E-state index < -0.39 is 11.9 Å². The predicted molar refractivity (Wildman–Crippen MR) is 67.3 cm³/mol. The molecule has 0 radical (unpaired) electrons. The lowest BCUT2D eigenvalue weighted by molar-refractivity contribution is -0.140. The van der Waals surface area contributed by atoms with E-state index in [1.165, 1.54) is 0 Å². The fourth-order valence-corrected chi connectivity index (χ4v) is 2.06. The smallest absolute Gasteiger partial charge is 0.310 e. The maximum atomic E-state index is 12.0. The average Bonchev–Trinajstić information content (AvgIpc) is 2.78. The fourth-order valence-electron chi connectivity index (χ4n) is 2.06. The standard InChI is InChI=1S/C14H15NO3/c1-9-4-2-3-5-12(9)13(16)15-11-7-6-10(8-11)14(17)18/h2-7,10-11H,8H2,1H3,(H,15,16)(H,17,18). The van der Waals surface area contributed by atoms with Crippen molar-refractivity contribution in [1.82, 2.24) is 5.32 Å². The number of carbonyl (C=O) groups is 2. The Balaban J connectivity index is 2.00. The first-order valence-corrected chi connectivity index (χ1v) is 5.85. The van der Waals surface area contributed by atoms with Crippen LogP contribution < -0.4 is 5.32 Å². The summed E-state index contributed by atoms with van der Waals surface area (Å²) in [7, 11) is 0. The summed E-state index contributed by atoms with van der Waals surface area (Å²) in [6, 6.07) is 7.13. The molecule has 0 saturated carbocycles. The highest BCUT2D eigenvalue weighted by Crippen LogP contribution is 2.18. The number of amides is 1. The Labute approximate surface area is 105 Å². The van der Waals surface area contributed by atoms with Gasteiger partial charge in [-0.1, -0.05) is 30.4 Å². The number of rotatable bonds is 3. The molecule has 0 aliphatic heterocycles. The largest absolute Gasteiger partial charge is 0.481 e. The minimum atomic E-state index is -0.848. The van der Waals surface area contributed by atoms with E-state index in [0.29, 0.717) is 12.0 Å². The Morgan fingerprint density at radius 1 is 1.28 bits per heavy atom. The van der Waals surface area contributed by atoms with Gasteiger partial charge in [-0.25, -0.2) is 0 Å². The molecule has 0 aromatic heterocycles. The van der Waals surface area contributed by atoms with E-state index in [4.69, 9.17) is 5.11 Å². The summed E-state index contributed by atoms with van der Waals surface area (Å²) in [5.41, 5.74) is 1.54. The van der Waals surface area contributed by atoms with Crippen LogP contribution in [0.25, 0.3) is 0 Å². The van der Waals surface area contributed by atoms with Gasteiger partial charge in [0.15, 0.2) is 0 Å². The summed E-state index contributed by atoms with van der Waals surface area (Å²) < 4.78 is 0. The van der Waals surface area contributed by atoms with Crippen LogP contribution in [0.4, 0.5) is 0 Å². The molecule has 0 bridgehead atoms. The van der Waals surface area contributed by atoms with Crippen LogP contribution in [0.2, 0.25) is 0 Å². The van der Waals surface area contributed by atoms with E-state index in [2.05, 4.69) is 5.32 Å². The third-order valence-corrected chi connectivity index (χ3v) is 3.11. The zero-order valence-electron chi connectivity index (χ0n) is 10.1. The number of carboxylic acid groups (broad SMARTS) is 1. The van der Waals surface area contributed by atoms with Gasteiger partial charge in [0.25, 0.3) is 5.91 Å². The molecule has 94 valence electrons. The Bertz CT molecular complexity index is 508. The van der Waals surface area contributed by atoms with Crippen LogP contribution in [0.5, 0.6) is 0 Å². The van der Waals surface area contributed by atoms with Crippen molar-refractivity contribution in [1.29, 1.82) is 0 Å². The quantitative estimate of drug-likeness (QED) is 0.797. The van der Waals surface area contributed by atoms with Crippen LogP contribution in [-0.4, -0.2) is 23.0 Å². The lowest BCUT2D eigenvalue weighted by Crippen LogP contribution is -2.33. The number of aliphatic carboxylic acids is 1. The molecule has 0 fully saturated rings. The summed E-state index contributed by atoms with van der Waals surface area (Å²) in [6.45, 7) is 1.87. The summed E-state index contributed by atoms with van der Waals surface area (Å²) in [4.78, 5) is 22.8. The molecule has 2 N–H and O–H groups in total. The monoisotopic (exact) mass is 245 g/mol. The number of hydrogen-bond donors (Lipinski definition) is 2. The molecule has 1 aromatic rings. The SMILES string of the molecule is Cc1ccccc1C(=O)NC1C=CC(C(=O)O)C1. The minimum absolute atomic E-state index is 0.159. The highest BCUT2D eigenvalue weighted by atomic mass is 16.4. The predicted octanol–water partition coefficient (Wildman–Crippen LogP) is 1.75. The van der Waals surface area contributed by atoms with Gasteiger partial charge in [-0.3, -0.25) is 9.59 Å². The molecule has 2 atom stereocenters. The molecule has 2 rings (SSSR count). The molecule has 4 heteroatoms. The first-order valence-electron chi connectivity index (χ1n) is 5.85. The molecule has 18 heavy (non-hydrogen) atoms. The van der Waals surface area contributed by atoms with Gasteiger partial charge in [0.05, 0.1) is 5.92 Å². The number of hydrogen-bond acceptors (Lipinski definition) is 2. The maximum Gasteiger partial charge on any atom is 0.310 e. The van der Waals surface area contributed by atoms with Crippen LogP contribution in [-0.2, 0) is 4.79 Å². The number of benzene rings is 1. The zero-order chi connectivity index (χ0) is 13.1. The number of carbonyl (C=O) groups excluding carboxylic acids is 1. The molecule has 2 unspecified atom stereocenters. The maximum absolute atomic E-state index is 12.0. The van der Waals surface area contributed by atoms with Gasteiger partial charge in [0.1, 0.15) is 0 Å². The number of carboxylic acids is 1. The first kappa shape index (κ1) is 12.4. The second kappa shape index (κ2) is 5.04. The van der Waals surface area contributed by atoms with E-state index in [-0.39, 0.29) is 11.9 Å². The lowest BCUT2D eigenvalue weighted by atomic mass is 10.1. The molecular formula is C14H15NO3. The second-order valence-corrected chi connectivity index (χ2v) is 4.46. The van der Waals surface area contributed by atoms with Gasteiger partial charge in [0, 0.05) is 11.6 Å². The van der Waals surface area contributed by atoms with E-state index in [0.717, 1.165) is 5.56 Å². The van der Waals surface area contributed by atoms with Gasteiger partial charge in [-0.2, -0.15) is 0 Å². The summed E-state index contributed by atoms with van der Waals surface area (Å²) in [6.07, 6.45) is 3.80. The molecule has 0 heterocycles. The zero-order valence-corrected chi connectivity index (χ0v) is 10.1. The third-order valence-electron chi connectivity index (χ3n) is 3.11.